The fourth-order valence-corrected chi connectivity index (χ4v) is 3.17. The van der Waals surface area contributed by atoms with Gasteiger partial charge in [-0.25, -0.2) is 18.1 Å². The van der Waals surface area contributed by atoms with Crippen molar-refractivity contribution in [1.82, 2.24) is 14.7 Å². The van der Waals surface area contributed by atoms with Crippen LogP contribution in [0.1, 0.15) is 17.8 Å². The molecule has 0 amide bonds. The third-order valence-corrected chi connectivity index (χ3v) is 5.23. The normalized spacial score (nSPS) is 11.7. The first-order chi connectivity index (χ1) is 9.49. The van der Waals surface area contributed by atoms with Gasteiger partial charge in [-0.3, -0.25) is 0 Å². The Labute approximate surface area is 127 Å². The Kier molecular flexibility index (Phi) is 4.95. The zero-order valence-corrected chi connectivity index (χ0v) is 13.5. The molecule has 0 aliphatic heterocycles. The van der Waals surface area contributed by atoms with Crippen molar-refractivity contribution in [3.8, 4) is 0 Å². The van der Waals surface area contributed by atoms with Crippen LogP contribution in [0.25, 0.3) is 0 Å². The average molecular weight is 358 g/mol. The lowest BCUT2D eigenvalue weighted by molar-refractivity contribution is 0.578. The molecule has 5 nitrogen and oxygen atoms in total. The molecule has 1 aromatic heterocycles. The number of hydrogen-bond acceptors (Lipinski definition) is 3. The maximum absolute atomic E-state index is 12.1. The van der Waals surface area contributed by atoms with Crippen LogP contribution >= 0.6 is 15.9 Å². The molecule has 108 valence electrons. The van der Waals surface area contributed by atoms with Gasteiger partial charge >= 0.3 is 0 Å². The van der Waals surface area contributed by atoms with Crippen LogP contribution < -0.4 is 4.72 Å². The number of benzene rings is 1. The molecule has 2 rings (SSSR count). The molecule has 0 bridgehead atoms. The number of aromatic nitrogens is 2. The molecule has 20 heavy (non-hydrogen) atoms. The summed E-state index contributed by atoms with van der Waals surface area (Å²) in [5, 5.41) is 0. The topological polar surface area (TPSA) is 74.8 Å². The Morgan fingerprint density at radius 3 is 2.85 bits per heavy atom. The second-order valence-electron chi connectivity index (χ2n) is 4.45. The predicted octanol–water partition coefficient (Wildman–Crippen LogP) is 2.39. The number of nitrogens with one attached hydrogen (secondary N) is 2. The van der Waals surface area contributed by atoms with E-state index in [4.69, 9.17) is 0 Å². The van der Waals surface area contributed by atoms with Gasteiger partial charge in [0.1, 0.15) is 5.82 Å². The van der Waals surface area contributed by atoms with Gasteiger partial charge in [-0.15, -0.1) is 0 Å². The zero-order valence-electron chi connectivity index (χ0n) is 11.1. The summed E-state index contributed by atoms with van der Waals surface area (Å²) in [5.74, 6) is 0.865. The van der Waals surface area contributed by atoms with Gasteiger partial charge in [0.25, 0.3) is 0 Å². The summed E-state index contributed by atoms with van der Waals surface area (Å²) in [5.41, 5.74) is 0.892. The highest BCUT2D eigenvalue weighted by Gasteiger charge is 2.14. The van der Waals surface area contributed by atoms with Crippen molar-refractivity contribution in [3.63, 3.8) is 0 Å². The second-order valence-corrected chi connectivity index (χ2v) is 7.07. The number of aryl methyl sites for hydroxylation is 2. The van der Waals surface area contributed by atoms with Crippen LogP contribution in [0.15, 0.2) is 40.0 Å². The smallest absolute Gasteiger partial charge is 0.240 e. The second kappa shape index (κ2) is 6.51. The monoisotopic (exact) mass is 357 g/mol. The van der Waals surface area contributed by atoms with E-state index in [-0.39, 0.29) is 4.90 Å². The molecule has 0 spiro atoms. The van der Waals surface area contributed by atoms with Crippen molar-refractivity contribution in [2.24, 2.45) is 0 Å². The Hall–Kier alpha value is -1.18. The highest BCUT2D eigenvalue weighted by atomic mass is 79.9. The van der Waals surface area contributed by atoms with Crippen molar-refractivity contribution in [2.45, 2.75) is 24.7 Å². The van der Waals surface area contributed by atoms with Gasteiger partial charge < -0.3 is 4.98 Å². The van der Waals surface area contributed by atoms with Crippen LogP contribution in [-0.4, -0.2) is 24.9 Å². The number of rotatable bonds is 6. The Balaban J connectivity index is 1.92. The summed E-state index contributed by atoms with van der Waals surface area (Å²) >= 11 is 3.36. The fourth-order valence-electron chi connectivity index (χ4n) is 1.76. The molecule has 0 saturated carbocycles. The summed E-state index contributed by atoms with van der Waals surface area (Å²) in [6.45, 7) is 2.25. The van der Waals surface area contributed by atoms with Crippen LogP contribution in [0.4, 0.5) is 0 Å². The lowest BCUT2D eigenvalue weighted by atomic mass is 10.2. The molecule has 0 fully saturated rings. The minimum Gasteiger partial charge on any atom is -0.349 e. The highest BCUT2D eigenvalue weighted by molar-refractivity contribution is 9.10. The molecular weight excluding hydrogens is 342 g/mol. The summed E-state index contributed by atoms with van der Waals surface area (Å²) in [6, 6.07) is 4.98. The summed E-state index contributed by atoms with van der Waals surface area (Å²) in [7, 11) is -3.44. The predicted molar refractivity (Wildman–Crippen MR) is 81.0 cm³/mol. The Morgan fingerprint density at radius 2 is 2.20 bits per heavy atom. The molecule has 0 aliphatic carbocycles. The number of hydrogen-bond donors (Lipinski definition) is 2. The molecule has 2 aromatic rings. The van der Waals surface area contributed by atoms with Gasteiger partial charge in [0.05, 0.1) is 4.90 Å². The van der Waals surface area contributed by atoms with E-state index in [0.29, 0.717) is 13.0 Å². The standard InChI is InChI=1S/C13H16BrN3O2S/c1-10-9-11(4-5-12(10)14)20(18,19)17-6-2-3-13-15-7-8-16-13/h4-5,7-9,17H,2-3,6H2,1H3,(H,15,16). The van der Waals surface area contributed by atoms with Gasteiger partial charge in [0.15, 0.2) is 0 Å². The van der Waals surface area contributed by atoms with Crippen LogP contribution in [0.3, 0.4) is 0 Å². The molecule has 0 aliphatic rings. The highest BCUT2D eigenvalue weighted by Crippen LogP contribution is 2.19. The molecule has 1 aromatic carbocycles. The van der Waals surface area contributed by atoms with E-state index in [1.54, 1.807) is 30.6 Å². The van der Waals surface area contributed by atoms with E-state index in [1.807, 2.05) is 6.92 Å². The molecule has 0 atom stereocenters. The number of sulfonamides is 1. The molecule has 0 unspecified atom stereocenters. The van der Waals surface area contributed by atoms with Crippen molar-refractivity contribution in [3.05, 3.63) is 46.5 Å². The van der Waals surface area contributed by atoms with Crippen LogP contribution in [0, 0.1) is 6.92 Å². The zero-order chi connectivity index (χ0) is 14.6. The summed E-state index contributed by atoms with van der Waals surface area (Å²) < 4.78 is 27.7. The molecular formula is C13H16BrN3O2S. The number of imidazole rings is 1. The minimum absolute atomic E-state index is 0.288. The fraction of sp³-hybridized carbons (Fsp3) is 0.308. The van der Waals surface area contributed by atoms with Crippen molar-refractivity contribution >= 4 is 26.0 Å². The SMILES string of the molecule is Cc1cc(S(=O)(=O)NCCCc2ncc[nH]2)ccc1Br. The first-order valence-electron chi connectivity index (χ1n) is 6.23. The lowest BCUT2D eigenvalue weighted by Gasteiger charge is -2.08. The van der Waals surface area contributed by atoms with Crippen molar-refractivity contribution in [1.29, 1.82) is 0 Å². The molecule has 1 heterocycles. The Morgan fingerprint density at radius 1 is 1.40 bits per heavy atom. The average Bonchev–Trinajstić information content (AvgIpc) is 2.91. The van der Waals surface area contributed by atoms with Gasteiger partial charge in [-0.2, -0.15) is 0 Å². The molecule has 0 saturated heterocycles. The first kappa shape index (κ1) is 15.2. The van der Waals surface area contributed by atoms with Crippen LogP contribution in [0.2, 0.25) is 0 Å². The number of halogens is 1. The minimum atomic E-state index is -3.44. The van der Waals surface area contributed by atoms with E-state index in [2.05, 4.69) is 30.6 Å². The lowest BCUT2D eigenvalue weighted by Crippen LogP contribution is -2.25. The third kappa shape index (κ3) is 3.91. The summed E-state index contributed by atoms with van der Waals surface area (Å²) in [6.07, 6.45) is 4.85. The van der Waals surface area contributed by atoms with Crippen molar-refractivity contribution < 1.29 is 8.42 Å². The van der Waals surface area contributed by atoms with Gasteiger partial charge in [0, 0.05) is 29.8 Å². The van der Waals surface area contributed by atoms with Crippen molar-refractivity contribution in [2.75, 3.05) is 6.54 Å². The summed E-state index contributed by atoms with van der Waals surface area (Å²) in [4.78, 5) is 7.37. The van der Waals surface area contributed by atoms with Gasteiger partial charge in [0.2, 0.25) is 10.0 Å². The molecule has 2 N–H and O–H groups in total. The van der Waals surface area contributed by atoms with Gasteiger partial charge in [-0.1, -0.05) is 15.9 Å². The largest absolute Gasteiger partial charge is 0.349 e. The van der Waals surface area contributed by atoms with Crippen LogP contribution in [0.5, 0.6) is 0 Å². The third-order valence-electron chi connectivity index (χ3n) is 2.88. The van der Waals surface area contributed by atoms with E-state index in [9.17, 15) is 8.42 Å². The Bertz CT molecular complexity index is 669. The molecule has 0 radical (unpaired) electrons. The van der Waals surface area contributed by atoms with E-state index >= 15 is 0 Å². The van der Waals surface area contributed by atoms with Gasteiger partial charge in [-0.05, 0) is 37.1 Å². The number of H-pyrrole nitrogens is 1. The molecule has 7 heteroatoms. The first-order valence-corrected chi connectivity index (χ1v) is 8.51. The van der Waals surface area contributed by atoms with E-state index in [1.165, 1.54) is 0 Å². The number of aromatic amines is 1. The quantitative estimate of drug-likeness (QED) is 0.779. The van der Waals surface area contributed by atoms with Crippen LogP contribution in [-0.2, 0) is 16.4 Å². The van der Waals surface area contributed by atoms with E-state index in [0.717, 1.165) is 22.3 Å². The van der Waals surface area contributed by atoms with E-state index < -0.39 is 10.0 Å². The maximum atomic E-state index is 12.1. The maximum Gasteiger partial charge on any atom is 0.240 e. The number of nitrogens with zero attached hydrogens (tertiary/aromatic N) is 1.